The normalized spacial score (nSPS) is 17.1. The Hall–Kier alpha value is -3.04. The maximum Gasteiger partial charge on any atom is 0.328 e. The number of carbonyl (C=O) groups excluding carboxylic acids is 1. The van der Waals surface area contributed by atoms with Gasteiger partial charge in [-0.3, -0.25) is 14.6 Å². The largest absolute Gasteiger partial charge is 0.497 e. The maximum absolute atomic E-state index is 13.1. The summed E-state index contributed by atoms with van der Waals surface area (Å²) in [6.07, 6.45) is 3.11. The van der Waals surface area contributed by atoms with E-state index in [2.05, 4.69) is 23.6 Å². The van der Waals surface area contributed by atoms with Crippen molar-refractivity contribution in [3.63, 3.8) is 0 Å². The Morgan fingerprint density at radius 2 is 1.50 bits per heavy atom. The van der Waals surface area contributed by atoms with Crippen LogP contribution in [0.15, 0.2) is 29.2 Å². The molecule has 0 aromatic heterocycles. The third-order valence-corrected chi connectivity index (χ3v) is 10.1. The molecule has 0 bridgehead atoms. The summed E-state index contributed by atoms with van der Waals surface area (Å²) in [4.78, 5) is 39.0. The third-order valence-electron chi connectivity index (χ3n) is 7.90. The van der Waals surface area contributed by atoms with E-state index in [1.54, 1.807) is 33.1 Å². The van der Waals surface area contributed by atoms with E-state index in [1.807, 2.05) is 4.90 Å². The second kappa shape index (κ2) is 17.4. The lowest BCUT2D eigenvalue weighted by Gasteiger charge is -2.43. The third kappa shape index (κ3) is 11.1. The molecule has 0 spiro atoms. The molecule has 0 saturated carbocycles. The van der Waals surface area contributed by atoms with Crippen LogP contribution in [0.25, 0.3) is 0 Å². The first-order valence-electron chi connectivity index (χ1n) is 14.8. The van der Waals surface area contributed by atoms with Crippen molar-refractivity contribution in [1.82, 2.24) is 19.0 Å². The van der Waals surface area contributed by atoms with Crippen molar-refractivity contribution in [2.24, 2.45) is 0 Å². The van der Waals surface area contributed by atoms with Crippen LogP contribution in [-0.2, 0) is 29.1 Å². The van der Waals surface area contributed by atoms with E-state index in [0.29, 0.717) is 41.1 Å². The Balaban J connectivity index is 0.000000742. The lowest BCUT2D eigenvalue weighted by Crippen LogP contribution is -2.55. The van der Waals surface area contributed by atoms with Crippen LogP contribution in [0, 0.1) is 13.8 Å². The number of benzene rings is 1. The molecule has 0 unspecified atom stereocenters. The Labute approximate surface area is 261 Å². The molecule has 2 aliphatic heterocycles. The first kappa shape index (κ1) is 37.1. The van der Waals surface area contributed by atoms with Crippen molar-refractivity contribution in [1.29, 1.82) is 0 Å². The minimum atomic E-state index is -3.68. The summed E-state index contributed by atoms with van der Waals surface area (Å²) >= 11 is 0. The van der Waals surface area contributed by atoms with Gasteiger partial charge in [0.05, 0.1) is 18.6 Å². The number of hydrogen-bond acceptors (Lipinski definition) is 9. The van der Waals surface area contributed by atoms with Crippen LogP contribution >= 0.6 is 0 Å². The molecule has 44 heavy (non-hydrogen) atoms. The number of hydrogen-bond donors (Lipinski definition) is 2. The fourth-order valence-electron chi connectivity index (χ4n) is 5.40. The minimum absolute atomic E-state index is 0.0216. The van der Waals surface area contributed by atoms with Gasteiger partial charge in [-0.1, -0.05) is 0 Å². The standard InChI is InChI=1S/C26H44N4O5S.C4H4O4/c1-20(2)28-11-13-29(14-12-28)23-7-9-30(10-8-23)25(31)19-35-16-15-27(5)36(32,33)26-21(3)17-24(34-6)18-22(26)4;5-3(6)1-2-4(7)8/h17-18,20,23H,7-16,19H2,1-6H3;1-2H,(H,5,6)(H,7,8)/b;2-1+. The first-order valence-corrected chi connectivity index (χ1v) is 16.2. The predicted octanol–water partition coefficient (Wildman–Crippen LogP) is 1.68. The zero-order valence-corrected chi connectivity index (χ0v) is 27.5. The molecule has 0 atom stereocenters. The quantitative estimate of drug-likeness (QED) is 0.253. The number of aryl methyl sites for hydroxylation is 2. The van der Waals surface area contributed by atoms with Crippen molar-refractivity contribution < 1.29 is 42.5 Å². The summed E-state index contributed by atoms with van der Waals surface area (Å²) in [6, 6.07) is 4.59. The molecule has 2 N–H and O–H groups in total. The van der Waals surface area contributed by atoms with Crippen molar-refractivity contribution in [3.05, 3.63) is 35.4 Å². The highest BCUT2D eigenvalue weighted by Crippen LogP contribution is 2.27. The van der Waals surface area contributed by atoms with Gasteiger partial charge in [-0.05, 0) is 63.8 Å². The van der Waals surface area contributed by atoms with Crippen molar-refractivity contribution in [2.45, 2.75) is 57.5 Å². The highest BCUT2D eigenvalue weighted by Gasteiger charge is 2.30. The van der Waals surface area contributed by atoms with Crippen LogP contribution in [0.3, 0.4) is 0 Å². The number of aliphatic carboxylic acids is 2. The summed E-state index contributed by atoms with van der Waals surface area (Å²) < 4.78 is 38.3. The van der Waals surface area contributed by atoms with Crippen molar-refractivity contribution >= 4 is 27.9 Å². The van der Waals surface area contributed by atoms with Gasteiger partial charge in [0.1, 0.15) is 12.4 Å². The van der Waals surface area contributed by atoms with Crippen LogP contribution < -0.4 is 4.74 Å². The van der Waals surface area contributed by atoms with Crippen LogP contribution in [0.4, 0.5) is 0 Å². The Kier molecular flexibility index (Phi) is 14.7. The molecule has 248 valence electrons. The number of amides is 1. The molecule has 1 aromatic rings. The number of rotatable bonds is 12. The molecule has 0 aliphatic carbocycles. The van der Waals surface area contributed by atoms with E-state index in [1.165, 1.54) is 11.4 Å². The number of methoxy groups -OCH3 is 1. The van der Waals surface area contributed by atoms with Gasteiger partial charge in [0.15, 0.2) is 0 Å². The summed E-state index contributed by atoms with van der Waals surface area (Å²) in [6.45, 7) is 14.3. The second-order valence-electron chi connectivity index (χ2n) is 11.3. The Bertz CT molecular complexity index is 1210. The number of nitrogens with zero attached hydrogens (tertiary/aromatic N) is 4. The number of carboxylic acid groups (broad SMARTS) is 2. The van der Waals surface area contributed by atoms with Gasteiger partial charge in [0.2, 0.25) is 15.9 Å². The smallest absolute Gasteiger partial charge is 0.328 e. The first-order chi connectivity index (χ1) is 20.7. The van der Waals surface area contributed by atoms with Crippen molar-refractivity contribution in [2.75, 3.05) is 73.2 Å². The average molecular weight is 641 g/mol. The monoisotopic (exact) mass is 640 g/mol. The highest BCUT2D eigenvalue weighted by atomic mass is 32.2. The van der Waals surface area contributed by atoms with E-state index in [9.17, 15) is 22.8 Å². The van der Waals surface area contributed by atoms with Gasteiger partial charge in [-0.15, -0.1) is 0 Å². The van der Waals surface area contributed by atoms with Crippen LogP contribution in [-0.4, -0.2) is 141 Å². The number of likely N-dealkylation sites (tertiary alicyclic amines) is 1. The van der Waals surface area contributed by atoms with E-state index in [-0.39, 0.29) is 30.6 Å². The molecule has 2 saturated heterocycles. The second-order valence-corrected chi connectivity index (χ2v) is 13.2. The molecule has 1 aromatic carbocycles. The molecule has 13 nitrogen and oxygen atoms in total. The Morgan fingerprint density at radius 3 is 1.95 bits per heavy atom. The van der Waals surface area contributed by atoms with E-state index in [4.69, 9.17) is 19.7 Å². The van der Waals surface area contributed by atoms with Gasteiger partial charge < -0.3 is 24.6 Å². The summed E-state index contributed by atoms with van der Waals surface area (Å²) in [7, 11) is -0.580. The molecular weight excluding hydrogens is 592 g/mol. The Morgan fingerprint density at radius 1 is 0.977 bits per heavy atom. The van der Waals surface area contributed by atoms with E-state index >= 15 is 0 Å². The van der Waals surface area contributed by atoms with Gasteiger partial charge in [-0.2, -0.15) is 4.31 Å². The maximum atomic E-state index is 13.1. The van der Waals surface area contributed by atoms with Gasteiger partial charge in [0, 0.05) is 77.1 Å². The van der Waals surface area contributed by atoms with Crippen LogP contribution in [0.1, 0.15) is 37.8 Å². The molecular formula is C30H48N4O9S. The molecule has 14 heteroatoms. The minimum Gasteiger partial charge on any atom is -0.497 e. The van der Waals surface area contributed by atoms with E-state index < -0.39 is 22.0 Å². The summed E-state index contributed by atoms with van der Waals surface area (Å²) in [5, 5.41) is 15.6. The fourth-order valence-corrected chi connectivity index (χ4v) is 6.96. The lowest BCUT2D eigenvalue weighted by atomic mass is 10.0. The van der Waals surface area contributed by atoms with E-state index in [0.717, 1.165) is 52.1 Å². The fraction of sp³-hybridized carbons (Fsp3) is 0.633. The molecule has 0 radical (unpaired) electrons. The van der Waals surface area contributed by atoms with Gasteiger partial charge in [0.25, 0.3) is 0 Å². The SMILES string of the molecule is COc1cc(C)c(S(=O)(=O)N(C)CCOCC(=O)N2CCC(N3CCN(C(C)C)CC3)CC2)c(C)c1.O=C(O)/C=C/C(=O)O. The number of ether oxygens (including phenoxy) is 2. The molecule has 2 heterocycles. The topological polar surface area (TPSA) is 157 Å². The highest BCUT2D eigenvalue weighted by molar-refractivity contribution is 7.89. The number of sulfonamides is 1. The van der Waals surface area contributed by atoms with Crippen LogP contribution in [0.2, 0.25) is 0 Å². The molecule has 2 aliphatic rings. The lowest BCUT2D eigenvalue weighted by molar-refractivity contribution is -0.138. The zero-order chi connectivity index (χ0) is 33.0. The molecule has 1 amide bonds. The van der Waals surface area contributed by atoms with Crippen LogP contribution in [0.5, 0.6) is 5.75 Å². The van der Waals surface area contributed by atoms with Gasteiger partial charge in [-0.25, -0.2) is 18.0 Å². The number of piperidine rings is 1. The predicted molar refractivity (Wildman–Crippen MR) is 165 cm³/mol. The zero-order valence-electron chi connectivity index (χ0n) is 26.7. The number of likely N-dealkylation sites (N-methyl/N-ethyl adjacent to an activating group) is 1. The van der Waals surface area contributed by atoms with Crippen molar-refractivity contribution in [3.8, 4) is 5.75 Å². The molecule has 2 fully saturated rings. The summed E-state index contributed by atoms with van der Waals surface area (Å²) in [5.74, 6) is -1.91. The number of carboxylic acids is 2. The molecule has 3 rings (SSSR count). The van der Waals surface area contributed by atoms with Gasteiger partial charge >= 0.3 is 11.9 Å². The average Bonchev–Trinajstić information content (AvgIpc) is 2.97. The number of carbonyl (C=O) groups is 3. The summed E-state index contributed by atoms with van der Waals surface area (Å²) in [5.41, 5.74) is 1.28. The number of piperazine rings is 1.